The molecule has 1 aliphatic rings. The fourth-order valence-electron chi connectivity index (χ4n) is 2.94. The molecule has 0 spiro atoms. The smallest absolute Gasteiger partial charge is 0.313 e. The minimum Gasteiger partial charge on any atom is -0.481 e. The van der Waals surface area contributed by atoms with Gasteiger partial charge in [0.05, 0.1) is 11.7 Å². The third-order valence-corrected chi connectivity index (χ3v) is 5.21. The number of hydrogen-bond acceptors (Lipinski definition) is 3. The van der Waals surface area contributed by atoms with Crippen molar-refractivity contribution >= 4 is 29.3 Å². The van der Waals surface area contributed by atoms with Crippen LogP contribution in [0.15, 0.2) is 54.6 Å². The molecule has 0 bridgehead atoms. The van der Waals surface area contributed by atoms with Crippen molar-refractivity contribution in [1.82, 2.24) is 0 Å². The van der Waals surface area contributed by atoms with E-state index in [9.17, 15) is 9.59 Å². The van der Waals surface area contributed by atoms with E-state index in [1.165, 1.54) is 11.8 Å². The second-order valence-electron chi connectivity index (χ2n) is 6.30. The standard InChI is InChI=1S/C20H21NO3S/c22-18(23)13-25-12-14-5-4-8-17(11-14)21-20(24)19(16-9-10-16)15-6-2-1-3-7-15/h1-8,11,16,19H,9-10,12-13H2,(H,21,24)(H,22,23). The van der Waals surface area contributed by atoms with Crippen molar-refractivity contribution in [3.63, 3.8) is 0 Å². The van der Waals surface area contributed by atoms with Crippen molar-refractivity contribution in [3.8, 4) is 0 Å². The van der Waals surface area contributed by atoms with Gasteiger partial charge < -0.3 is 10.4 Å². The second kappa shape index (κ2) is 8.21. The van der Waals surface area contributed by atoms with Gasteiger partial charge in [-0.1, -0.05) is 42.5 Å². The van der Waals surface area contributed by atoms with Crippen molar-refractivity contribution < 1.29 is 14.7 Å². The molecule has 0 radical (unpaired) electrons. The monoisotopic (exact) mass is 355 g/mol. The molecule has 1 saturated carbocycles. The lowest BCUT2D eigenvalue weighted by molar-refractivity contribution is -0.133. The Labute approximate surface area is 151 Å². The van der Waals surface area contributed by atoms with Gasteiger partial charge >= 0.3 is 5.97 Å². The number of carbonyl (C=O) groups is 2. The highest BCUT2D eigenvalue weighted by molar-refractivity contribution is 7.99. The Morgan fingerprint density at radius 2 is 1.88 bits per heavy atom. The number of anilines is 1. The predicted octanol–water partition coefficient (Wildman–Crippen LogP) is 4.14. The van der Waals surface area contributed by atoms with E-state index in [4.69, 9.17) is 5.11 Å². The summed E-state index contributed by atoms with van der Waals surface area (Å²) in [4.78, 5) is 23.4. The lowest BCUT2D eigenvalue weighted by atomic mass is 9.93. The van der Waals surface area contributed by atoms with Gasteiger partial charge in [-0.3, -0.25) is 9.59 Å². The molecule has 130 valence electrons. The first-order valence-electron chi connectivity index (χ1n) is 8.38. The van der Waals surface area contributed by atoms with E-state index >= 15 is 0 Å². The van der Waals surface area contributed by atoms with Gasteiger partial charge in [-0.15, -0.1) is 11.8 Å². The highest BCUT2D eigenvalue weighted by Gasteiger charge is 2.37. The van der Waals surface area contributed by atoms with Crippen LogP contribution in [0.2, 0.25) is 0 Å². The van der Waals surface area contributed by atoms with Crippen LogP contribution in [0.1, 0.15) is 29.9 Å². The molecule has 4 nitrogen and oxygen atoms in total. The Bertz CT molecular complexity index is 744. The van der Waals surface area contributed by atoms with E-state index in [1.807, 2.05) is 54.6 Å². The number of carboxylic acids is 1. The van der Waals surface area contributed by atoms with Crippen LogP contribution in [-0.2, 0) is 15.3 Å². The van der Waals surface area contributed by atoms with Gasteiger partial charge in [0.1, 0.15) is 0 Å². The zero-order valence-corrected chi connectivity index (χ0v) is 14.7. The zero-order valence-electron chi connectivity index (χ0n) is 13.9. The maximum atomic E-state index is 12.8. The molecular formula is C20H21NO3S. The number of rotatable bonds is 8. The predicted molar refractivity (Wildman–Crippen MR) is 101 cm³/mol. The molecule has 3 rings (SSSR count). The SMILES string of the molecule is O=C(O)CSCc1cccc(NC(=O)C(c2ccccc2)C2CC2)c1. The van der Waals surface area contributed by atoms with E-state index in [0.29, 0.717) is 11.7 Å². The maximum absolute atomic E-state index is 12.8. The lowest BCUT2D eigenvalue weighted by Crippen LogP contribution is -2.22. The van der Waals surface area contributed by atoms with Crippen LogP contribution in [0.25, 0.3) is 0 Å². The second-order valence-corrected chi connectivity index (χ2v) is 7.29. The first-order valence-corrected chi connectivity index (χ1v) is 9.53. The topological polar surface area (TPSA) is 66.4 Å². The van der Waals surface area contributed by atoms with Crippen LogP contribution in [-0.4, -0.2) is 22.7 Å². The van der Waals surface area contributed by atoms with Gasteiger partial charge in [-0.2, -0.15) is 0 Å². The number of carboxylic acid groups (broad SMARTS) is 1. The molecule has 1 unspecified atom stereocenters. The Kier molecular flexibility index (Phi) is 5.76. The van der Waals surface area contributed by atoms with Crippen molar-refractivity contribution in [1.29, 1.82) is 0 Å². The average Bonchev–Trinajstić information content (AvgIpc) is 3.41. The molecule has 1 amide bonds. The summed E-state index contributed by atoms with van der Waals surface area (Å²) in [5.41, 5.74) is 2.84. The summed E-state index contributed by atoms with van der Waals surface area (Å²) >= 11 is 1.35. The largest absolute Gasteiger partial charge is 0.481 e. The molecule has 1 fully saturated rings. The molecule has 0 heterocycles. The van der Waals surface area contributed by atoms with E-state index < -0.39 is 5.97 Å². The lowest BCUT2D eigenvalue weighted by Gasteiger charge is -2.17. The number of amides is 1. The van der Waals surface area contributed by atoms with Crippen molar-refractivity contribution in [2.75, 3.05) is 11.1 Å². The summed E-state index contributed by atoms with van der Waals surface area (Å²) in [6.07, 6.45) is 2.19. The van der Waals surface area contributed by atoms with Gasteiger partial charge in [0.2, 0.25) is 5.91 Å². The fraction of sp³-hybridized carbons (Fsp3) is 0.300. The summed E-state index contributed by atoms with van der Waals surface area (Å²) < 4.78 is 0. The van der Waals surface area contributed by atoms with Crippen molar-refractivity contribution in [2.24, 2.45) is 5.92 Å². The summed E-state index contributed by atoms with van der Waals surface area (Å²) in [6.45, 7) is 0. The molecule has 5 heteroatoms. The molecule has 1 aliphatic carbocycles. The van der Waals surface area contributed by atoms with Crippen LogP contribution >= 0.6 is 11.8 Å². The Morgan fingerprint density at radius 3 is 2.56 bits per heavy atom. The van der Waals surface area contributed by atoms with E-state index in [2.05, 4.69) is 5.32 Å². The highest BCUT2D eigenvalue weighted by Crippen LogP contribution is 2.43. The Balaban J connectivity index is 1.66. The summed E-state index contributed by atoms with van der Waals surface area (Å²) in [7, 11) is 0. The Hall–Kier alpha value is -2.27. The van der Waals surface area contributed by atoms with Gasteiger partial charge in [0.15, 0.2) is 0 Å². The van der Waals surface area contributed by atoms with Gasteiger partial charge in [0.25, 0.3) is 0 Å². The molecule has 0 saturated heterocycles. The number of aliphatic carboxylic acids is 1. The van der Waals surface area contributed by atoms with E-state index in [0.717, 1.165) is 29.7 Å². The molecule has 2 aromatic carbocycles. The zero-order chi connectivity index (χ0) is 17.6. The summed E-state index contributed by atoms with van der Waals surface area (Å²) in [5, 5.41) is 11.8. The van der Waals surface area contributed by atoms with Crippen LogP contribution in [0.3, 0.4) is 0 Å². The van der Waals surface area contributed by atoms with Crippen LogP contribution < -0.4 is 5.32 Å². The first kappa shape index (κ1) is 17.5. The molecular weight excluding hydrogens is 334 g/mol. The molecule has 0 aliphatic heterocycles. The third-order valence-electron chi connectivity index (χ3n) is 4.22. The molecule has 2 aromatic rings. The summed E-state index contributed by atoms with van der Waals surface area (Å²) in [5.74, 6) is 0.228. The van der Waals surface area contributed by atoms with Gasteiger partial charge in [-0.25, -0.2) is 0 Å². The number of hydrogen-bond donors (Lipinski definition) is 2. The van der Waals surface area contributed by atoms with Gasteiger partial charge in [-0.05, 0) is 42.0 Å². The molecule has 2 N–H and O–H groups in total. The normalized spacial score (nSPS) is 14.7. The Morgan fingerprint density at radius 1 is 1.12 bits per heavy atom. The highest BCUT2D eigenvalue weighted by atomic mass is 32.2. The van der Waals surface area contributed by atoms with Crippen LogP contribution in [0.4, 0.5) is 5.69 Å². The van der Waals surface area contributed by atoms with Crippen molar-refractivity contribution in [3.05, 3.63) is 65.7 Å². The fourth-order valence-corrected chi connectivity index (χ4v) is 3.63. The van der Waals surface area contributed by atoms with E-state index in [-0.39, 0.29) is 17.6 Å². The number of carbonyl (C=O) groups excluding carboxylic acids is 1. The summed E-state index contributed by atoms with van der Waals surface area (Å²) in [6, 6.07) is 17.6. The average molecular weight is 355 g/mol. The maximum Gasteiger partial charge on any atom is 0.313 e. The minimum atomic E-state index is -0.815. The third kappa shape index (κ3) is 5.10. The van der Waals surface area contributed by atoms with Crippen LogP contribution in [0.5, 0.6) is 0 Å². The molecule has 25 heavy (non-hydrogen) atoms. The van der Waals surface area contributed by atoms with Gasteiger partial charge in [0, 0.05) is 11.4 Å². The molecule has 1 atom stereocenters. The van der Waals surface area contributed by atoms with E-state index in [1.54, 1.807) is 0 Å². The van der Waals surface area contributed by atoms with Crippen LogP contribution in [0, 0.1) is 5.92 Å². The number of benzene rings is 2. The number of nitrogens with one attached hydrogen (secondary N) is 1. The number of thioether (sulfide) groups is 1. The minimum absolute atomic E-state index is 0.0315. The first-order chi connectivity index (χ1) is 12.1. The molecule has 0 aromatic heterocycles. The quantitative estimate of drug-likeness (QED) is 0.747. The van der Waals surface area contributed by atoms with Crippen molar-refractivity contribution in [2.45, 2.75) is 24.5 Å².